The maximum absolute atomic E-state index is 13.7. The highest BCUT2D eigenvalue weighted by Crippen LogP contribution is 2.40. The third-order valence-corrected chi connectivity index (χ3v) is 2.91. The number of ether oxygens (including phenoxy) is 2. The van der Waals surface area contributed by atoms with Gasteiger partial charge < -0.3 is 15.2 Å². The van der Waals surface area contributed by atoms with Crippen LogP contribution in [0, 0.1) is 5.82 Å². The molecule has 1 aromatic carbocycles. The Bertz CT molecular complexity index is 384. The Kier molecular flexibility index (Phi) is 3.11. The lowest BCUT2D eigenvalue weighted by Crippen LogP contribution is -2.17. The molecule has 0 aliphatic carbocycles. The van der Waals surface area contributed by atoms with Gasteiger partial charge in [0.1, 0.15) is 19.0 Å². The van der Waals surface area contributed by atoms with Crippen molar-refractivity contribution in [1.29, 1.82) is 0 Å². The summed E-state index contributed by atoms with van der Waals surface area (Å²) in [6.07, 6.45) is 0.487. The first kappa shape index (κ1) is 10.7. The molecule has 1 aliphatic heterocycles. The van der Waals surface area contributed by atoms with Crippen LogP contribution in [-0.4, -0.2) is 19.8 Å². The van der Waals surface area contributed by atoms with Crippen LogP contribution in [0.4, 0.5) is 4.39 Å². The first-order valence-corrected chi connectivity index (χ1v) is 5.50. The summed E-state index contributed by atoms with van der Waals surface area (Å²) < 4.78 is 24.8. The van der Waals surface area contributed by atoms with E-state index in [1.807, 2.05) is 0 Å². The zero-order chi connectivity index (χ0) is 10.8. The highest BCUT2D eigenvalue weighted by Gasteiger charge is 2.21. The monoisotopic (exact) mass is 275 g/mol. The van der Waals surface area contributed by atoms with Crippen molar-refractivity contribution >= 4 is 15.9 Å². The average Bonchev–Trinajstić information content (AvgIpc) is 2.26. The van der Waals surface area contributed by atoms with E-state index < -0.39 is 0 Å². The van der Waals surface area contributed by atoms with E-state index >= 15 is 0 Å². The first-order chi connectivity index (χ1) is 7.24. The maximum Gasteiger partial charge on any atom is 0.178 e. The second kappa shape index (κ2) is 4.37. The van der Waals surface area contributed by atoms with Crippen molar-refractivity contribution in [2.24, 2.45) is 5.73 Å². The zero-order valence-corrected chi connectivity index (χ0v) is 9.64. The minimum Gasteiger partial charge on any atom is -0.486 e. The van der Waals surface area contributed by atoms with Crippen LogP contribution in [0.1, 0.15) is 5.56 Å². The number of benzene rings is 1. The van der Waals surface area contributed by atoms with Gasteiger partial charge in [0.2, 0.25) is 0 Å². The fourth-order valence-corrected chi connectivity index (χ4v) is 2.07. The summed E-state index contributed by atoms with van der Waals surface area (Å²) in [6.45, 7) is 1.34. The lowest BCUT2D eigenvalue weighted by atomic mass is 10.1. The van der Waals surface area contributed by atoms with Crippen molar-refractivity contribution in [1.82, 2.24) is 0 Å². The molecule has 0 unspecified atom stereocenters. The van der Waals surface area contributed by atoms with Gasteiger partial charge in [-0.15, -0.1) is 0 Å². The van der Waals surface area contributed by atoms with Crippen molar-refractivity contribution in [3.8, 4) is 11.5 Å². The summed E-state index contributed by atoms with van der Waals surface area (Å²) in [7, 11) is 0. The first-order valence-electron chi connectivity index (χ1n) is 4.70. The van der Waals surface area contributed by atoms with Crippen LogP contribution in [0.2, 0.25) is 0 Å². The zero-order valence-electron chi connectivity index (χ0n) is 8.06. The van der Waals surface area contributed by atoms with E-state index in [-0.39, 0.29) is 5.82 Å². The van der Waals surface area contributed by atoms with Crippen molar-refractivity contribution in [2.75, 3.05) is 19.8 Å². The molecule has 3 nitrogen and oxygen atoms in total. The molecule has 0 fully saturated rings. The highest BCUT2D eigenvalue weighted by atomic mass is 79.9. The summed E-state index contributed by atoms with van der Waals surface area (Å²) in [5.74, 6) is 0.710. The molecule has 0 radical (unpaired) electrons. The summed E-state index contributed by atoms with van der Waals surface area (Å²) in [6, 6.07) is 1.65. The van der Waals surface area contributed by atoms with E-state index in [0.29, 0.717) is 47.7 Å². The number of halogens is 2. The van der Waals surface area contributed by atoms with Crippen LogP contribution in [0.5, 0.6) is 11.5 Å². The number of fused-ring (bicyclic) bond motifs is 1. The van der Waals surface area contributed by atoms with Crippen LogP contribution >= 0.6 is 15.9 Å². The molecular formula is C10H11BrFNO2. The molecule has 82 valence electrons. The second-order valence-corrected chi connectivity index (χ2v) is 4.02. The number of hydrogen-bond acceptors (Lipinski definition) is 3. The molecule has 0 atom stereocenters. The smallest absolute Gasteiger partial charge is 0.178 e. The molecule has 0 aromatic heterocycles. The maximum atomic E-state index is 13.7. The molecular weight excluding hydrogens is 265 g/mol. The summed E-state index contributed by atoms with van der Waals surface area (Å²) >= 11 is 3.17. The third kappa shape index (κ3) is 1.94. The van der Waals surface area contributed by atoms with Crippen LogP contribution in [0.3, 0.4) is 0 Å². The van der Waals surface area contributed by atoms with E-state index in [1.165, 1.54) is 0 Å². The van der Waals surface area contributed by atoms with Gasteiger partial charge in [-0.25, -0.2) is 4.39 Å². The quantitative estimate of drug-likeness (QED) is 0.896. The molecule has 1 aromatic rings. The second-order valence-electron chi connectivity index (χ2n) is 3.23. The minimum atomic E-state index is -0.315. The van der Waals surface area contributed by atoms with E-state index in [1.54, 1.807) is 6.07 Å². The molecule has 0 saturated heterocycles. The Morgan fingerprint density at radius 2 is 2.13 bits per heavy atom. The van der Waals surface area contributed by atoms with Gasteiger partial charge in [0.05, 0.1) is 4.47 Å². The topological polar surface area (TPSA) is 44.5 Å². The average molecular weight is 276 g/mol. The van der Waals surface area contributed by atoms with Gasteiger partial charge in [-0.1, -0.05) is 0 Å². The lowest BCUT2D eigenvalue weighted by molar-refractivity contribution is 0.169. The number of nitrogens with two attached hydrogens (primary N) is 1. The van der Waals surface area contributed by atoms with Gasteiger partial charge in [-0.2, -0.15) is 0 Å². The Balaban J connectivity index is 2.47. The summed E-state index contributed by atoms with van der Waals surface area (Å²) in [4.78, 5) is 0. The van der Waals surface area contributed by atoms with Crippen LogP contribution < -0.4 is 15.2 Å². The number of hydrogen-bond donors (Lipinski definition) is 1. The molecule has 2 rings (SSSR count). The predicted molar refractivity (Wildman–Crippen MR) is 57.8 cm³/mol. The van der Waals surface area contributed by atoms with Crippen molar-refractivity contribution in [3.05, 3.63) is 21.9 Å². The molecule has 1 aliphatic rings. The lowest BCUT2D eigenvalue weighted by Gasteiger charge is -2.21. The minimum absolute atomic E-state index is 0.315. The standard InChI is InChI=1S/C10H11BrFNO2/c11-8-9(12)6(1-2-13)5-7-10(8)15-4-3-14-7/h5H,1-4,13H2. The largest absolute Gasteiger partial charge is 0.486 e. The summed E-state index contributed by atoms with van der Waals surface area (Å²) in [5.41, 5.74) is 5.95. The molecule has 5 heteroatoms. The van der Waals surface area contributed by atoms with Gasteiger partial charge in [0.15, 0.2) is 11.5 Å². The highest BCUT2D eigenvalue weighted by molar-refractivity contribution is 9.10. The van der Waals surface area contributed by atoms with Gasteiger partial charge in [-0.05, 0) is 40.5 Å². The van der Waals surface area contributed by atoms with E-state index in [2.05, 4.69) is 15.9 Å². The Morgan fingerprint density at radius 3 is 2.87 bits per heavy atom. The van der Waals surface area contributed by atoms with Crippen LogP contribution in [-0.2, 0) is 6.42 Å². The normalized spacial score (nSPS) is 14.1. The Hall–Kier alpha value is -0.810. The van der Waals surface area contributed by atoms with Gasteiger partial charge in [-0.3, -0.25) is 0 Å². The van der Waals surface area contributed by atoms with Crippen LogP contribution in [0.25, 0.3) is 0 Å². The van der Waals surface area contributed by atoms with E-state index in [0.717, 1.165) is 0 Å². The molecule has 0 amide bonds. The van der Waals surface area contributed by atoms with Crippen molar-refractivity contribution in [3.63, 3.8) is 0 Å². The molecule has 0 spiro atoms. The van der Waals surface area contributed by atoms with Crippen molar-refractivity contribution < 1.29 is 13.9 Å². The molecule has 1 heterocycles. The number of rotatable bonds is 2. The summed E-state index contributed by atoms with van der Waals surface area (Å²) in [5, 5.41) is 0. The molecule has 0 bridgehead atoms. The predicted octanol–water partition coefficient (Wildman–Crippen LogP) is 1.86. The molecule has 2 N–H and O–H groups in total. The van der Waals surface area contributed by atoms with Gasteiger partial charge >= 0.3 is 0 Å². The third-order valence-electron chi connectivity index (χ3n) is 2.20. The SMILES string of the molecule is NCCc1cc2c(c(Br)c1F)OCCO2. The fourth-order valence-electron chi connectivity index (χ4n) is 1.51. The van der Waals surface area contributed by atoms with E-state index in [9.17, 15) is 4.39 Å². The molecule has 0 saturated carbocycles. The van der Waals surface area contributed by atoms with Crippen molar-refractivity contribution in [2.45, 2.75) is 6.42 Å². The van der Waals surface area contributed by atoms with E-state index in [4.69, 9.17) is 15.2 Å². The van der Waals surface area contributed by atoms with Crippen LogP contribution in [0.15, 0.2) is 10.5 Å². The van der Waals surface area contributed by atoms with Gasteiger partial charge in [0.25, 0.3) is 0 Å². The fraction of sp³-hybridized carbons (Fsp3) is 0.400. The van der Waals surface area contributed by atoms with Gasteiger partial charge in [0, 0.05) is 0 Å². The Labute approximate surface area is 95.5 Å². The molecule has 15 heavy (non-hydrogen) atoms. The Morgan fingerprint density at radius 1 is 1.40 bits per heavy atom.